The average molecular weight is 364 g/mol. The van der Waals surface area contributed by atoms with E-state index in [0.29, 0.717) is 31.0 Å². The molecule has 26 heavy (non-hydrogen) atoms. The minimum Gasteiger partial charge on any atom is -0.381 e. The number of piperidine rings is 1. The molecule has 3 heterocycles. The van der Waals surface area contributed by atoms with Crippen molar-refractivity contribution in [2.24, 2.45) is 11.3 Å². The van der Waals surface area contributed by atoms with E-state index in [9.17, 15) is 13.6 Å². The van der Waals surface area contributed by atoms with Gasteiger partial charge in [0.1, 0.15) is 11.6 Å². The average Bonchev–Trinajstić information content (AvgIpc) is 3.18. The molecule has 0 unspecified atom stereocenters. The second-order valence-electron chi connectivity index (χ2n) is 8.23. The Kier molecular flexibility index (Phi) is 4.97. The third-order valence-corrected chi connectivity index (χ3v) is 6.16. The quantitative estimate of drug-likeness (QED) is 0.824. The summed E-state index contributed by atoms with van der Waals surface area (Å²) < 4.78 is 32.3. The van der Waals surface area contributed by atoms with Crippen LogP contribution in [0.25, 0.3) is 0 Å². The molecule has 142 valence electrons. The molecule has 0 N–H and O–H groups in total. The minimum absolute atomic E-state index is 0.0334. The molecule has 4 rings (SSSR count). The maximum Gasteiger partial charge on any atom is 0.223 e. The highest BCUT2D eigenvalue weighted by atomic mass is 19.1. The highest BCUT2D eigenvalue weighted by molar-refractivity contribution is 5.79. The summed E-state index contributed by atoms with van der Waals surface area (Å²) in [7, 11) is 0. The Morgan fingerprint density at radius 3 is 2.54 bits per heavy atom. The van der Waals surface area contributed by atoms with E-state index >= 15 is 0 Å². The highest BCUT2D eigenvalue weighted by Crippen LogP contribution is 2.41. The lowest BCUT2D eigenvalue weighted by Gasteiger charge is -2.39. The van der Waals surface area contributed by atoms with E-state index in [0.717, 1.165) is 58.2 Å². The van der Waals surface area contributed by atoms with E-state index in [1.54, 1.807) is 4.90 Å². The third-order valence-electron chi connectivity index (χ3n) is 6.16. The second-order valence-corrected chi connectivity index (χ2v) is 8.23. The van der Waals surface area contributed by atoms with Crippen LogP contribution in [0.5, 0.6) is 0 Å². The minimum atomic E-state index is -0.592. The fourth-order valence-corrected chi connectivity index (χ4v) is 4.69. The van der Waals surface area contributed by atoms with E-state index in [-0.39, 0.29) is 11.3 Å². The van der Waals surface area contributed by atoms with Crippen LogP contribution in [0.2, 0.25) is 0 Å². The lowest BCUT2D eigenvalue weighted by atomic mass is 9.77. The number of likely N-dealkylation sites (tertiary alicyclic amines) is 2. The number of ether oxygens (including phenoxy) is 1. The van der Waals surface area contributed by atoms with Crippen molar-refractivity contribution in [1.29, 1.82) is 0 Å². The van der Waals surface area contributed by atoms with Crippen LogP contribution in [0.15, 0.2) is 18.2 Å². The molecular formula is C20H26F2N2O2. The first-order valence-corrected chi connectivity index (χ1v) is 9.54. The number of hydrogen-bond donors (Lipinski definition) is 0. The first-order valence-electron chi connectivity index (χ1n) is 9.54. The fraction of sp³-hybridized carbons (Fsp3) is 0.650. The van der Waals surface area contributed by atoms with Gasteiger partial charge in [0.2, 0.25) is 5.91 Å². The summed E-state index contributed by atoms with van der Waals surface area (Å²) in [6.07, 6.45) is 3.74. The van der Waals surface area contributed by atoms with E-state index in [1.807, 2.05) is 0 Å². The van der Waals surface area contributed by atoms with Crippen molar-refractivity contribution in [3.05, 3.63) is 35.4 Å². The van der Waals surface area contributed by atoms with Crippen LogP contribution in [0.4, 0.5) is 8.78 Å². The highest BCUT2D eigenvalue weighted by Gasteiger charge is 2.44. The predicted octanol–water partition coefficient (Wildman–Crippen LogP) is 2.82. The molecule has 0 saturated carbocycles. The molecule has 3 aliphatic rings. The van der Waals surface area contributed by atoms with Gasteiger partial charge >= 0.3 is 0 Å². The zero-order valence-corrected chi connectivity index (χ0v) is 15.1. The van der Waals surface area contributed by atoms with E-state index < -0.39 is 11.6 Å². The fourth-order valence-electron chi connectivity index (χ4n) is 4.69. The molecule has 3 fully saturated rings. The Hall–Kier alpha value is -1.53. The largest absolute Gasteiger partial charge is 0.381 e. The summed E-state index contributed by atoms with van der Waals surface area (Å²) in [4.78, 5) is 16.8. The molecule has 1 spiro atoms. The predicted molar refractivity (Wildman–Crippen MR) is 93.4 cm³/mol. The normalized spacial score (nSPS) is 26.2. The summed E-state index contributed by atoms with van der Waals surface area (Å²) >= 11 is 0. The Balaban J connectivity index is 1.34. The van der Waals surface area contributed by atoms with Gasteiger partial charge < -0.3 is 14.5 Å². The lowest BCUT2D eigenvalue weighted by molar-refractivity contribution is -0.128. The molecule has 1 aromatic carbocycles. The lowest BCUT2D eigenvalue weighted by Crippen LogP contribution is -2.43. The first kappa shape index (κ1) is 17.9. The summed E-state index contributed by atoms with van der Waals surface area (Å²) in [6.45, 7) is 5.88. The van der Waals surface area contributed by atoms with Crippen LogP contribution < -0.4 is 0 Å². The van der Waals surface area contributed by atoms with Crippen molar-refractivity contribution >= 4 is 5.91 Å². The standard InChI is InChI=1S/C20H26F2N2O2/c21-17-7-16(8-18(22)9-17)12-24-14-20(10-19(24)25)2-4-23(5-3-20)11-15-1-6-26-13-15/h7-9,15H,1-6,10-14H2/t15-/m1/s1. The Morgan fingerprint density at radius 2 is 1.88 bits per heavy atom. The Morgan fingerprint density at radius 1 is 1.15 bits per heavy atom. The molecule has 0 bridgehead atoms. The van der Waals surface area contributed by atoms with Gasteiger partial charge in [-0.15, -0.1) is 0 Å². The second kappa shape index (κ2) is 7.24. The zero-order valence-electron chi connectivity index (χ0n) is 15.1. The Bertz CT molecular complexity index is 648. The molecule has 3 saturated heterocycles. The summed E-state index contributed by atoms with van der Waals surface area (Å²) in [5, 5.41) is 0. The summed E-state index contributed by atoms with van der Waals surface area (Å²) in [6, 6.07) is 3.49. The maximum atomic E-state index is 13.4. The Labute approximate surface area is 153 Å². The SMILES string of the molecule is O=C1CC2(CCN(C[C@H]3CCOC3)CC2)CN1Cc1cc(F)cc(F)c1. The summed E-state index contributed by atoms with van der Waals surface area (Å²) in [5.74, 6) is -0.433. The molecule has 4 nitrogen and oxygen atoms in total. The van der Waals surface area contributed by atoms with Crippen molar-refractivity contribution in [2.45, 2.75) is 32.2 Å². The smallest absolute Gasteiger partial charge is 0.223 e. The van der Waals surface area contributed by atoms with E-state index in [4.69, 9.17) is 4.74 Å². The van der Waals surface area contributed by atoms with Crippen LogP contribution in [0.3, 0.4) is 0 Å². The molecule has 1 aromatic rings. The maximum absolute atomic E-state index is 13.4. The van der Waals surface area contributed by atoms with Gasteiger partial charge in [-0.25, -0.2) is 8.78 Å². The summed E-state index contributed by atoms with van der Waals surface area (Å²) in [5.41, 5.74) is 0.553. The van der Waals surface area contributed by atoms with Crippen LogP contribution in [0.1, 0.15) is 31.2 Å². The molecule has 6 heteroatoms. The van der Waals surface area contributed by atoms with Gasteiger partial charge in [0.15, 0.2) is 0 Å². The van der Waals surface area contributed by atoms with Crippen molar-refractivity contribution in [3.8, 4) is 0 Å². The number of benzene rings is 1. The van der Waals surface area contributed by atoms with Crippen molar-refractivity contribution in [1.82, 2.24) is 9.80 Å². The molecule has 3 aliphatic heterocycles. The van der Waals surface area contributed by atoms with E-state index in [2.05, 4.69) is 4.90 Å². The molecule has 0 aromatic heterocycles. The number of halogens is 2. The molecular weight excluding hydrogens is 338 g/mol. The first-order chi connectivity index (χ1) is 12.5. The van der Waals surface area contributed by atoms with Crippen LogP contribution in [-0.4, -0.2) is 55.1 Å². The van der Waals surface area contributed by atoms with Gasteiger partial charge in [0, 0.05) is 38.7 Å². The van der Waals surface area contributed by atoms with Crippen LogP contribution >= 0.6 is 0 Å². The molecule has 1 amide bonds. The topological polar surface area (TPSA) is 32.8 Å². The number of amides is 1. The van der Waals surface area contributed by atoms with Gasteiger partial charge in [-0.1, -0.05) is 0 Å². The number of carbonyl (C=O) groups is 1. The van der Waals surface area contributed by atoms with Gasteiger partial charge in [-0.3, -0.25) is 4.79 Å². The van der Waals surface area contributed by atoms with Crippen molar-refractivity contribution in [3.63, 3.8) is 0 Å². The van der Waals surface area contributed by atoms with Crippen LogP contribution in [0, 0.1) is 23.0 Å². The van der Waals surface area contributed by atoms with Gasteiger partial charge in [0.05, 0.1) is 6.61 Å². The number of carbonyl (C=O) groups excluding carboxylic acids is 1. The number of nitrogens with zero attached hydrogens (tertiary/aromatic N) is 2. The van der Waals surface area contributed by atoms with Crippen LogP contribution in [-0.2, 0) is 16.1 Å². The molecule has 0 radical (unpaired) electrons. The molecule has 1 atom stereocenters. The van der Waals surface area contributed by atoms with E-state index in [1.165, 1.54) is 12.1 Å². The van der Waals surface area contributed by atoms with Crippen molar-refractivity contribution in [2.75, 3.05) is 39.4 Å². The van der Waals surface area contributed by atoms with Gasteiger partial charge in [0.25, 0.3) is 0 Å². The molecule has 0 aliphatic carbocycles. The third kappa shape index (κ3) is 3.91. The van der Waals surface area contributed by atoms with Gasteiger partial charge in [-0.05, 0) is 61.4 Å². The number of hydrogen-bond acceptors (Lipinski definition) is 3. The van der Waals surface area contributed by atoms with Crippen molar-refractivity contribution < 1.29 is 18.3 Å². The van der Waals surface area contributed by atoms with Gasteiger partial charge in [-0.2, -0.15) is 0 Å². The zero-order chi connectivity index (χ0) is 18.1. The monoisotopic (exact) mass is 364 g/mol. The number of rotatable bonds is 4.